The topological polar surface area (TPSA) is 44.8 Å². The van der Waals surface area contributed by atoms with E-state index in [4.69, 9.17) is 33.1 Å². The molecule has 4 nitrogen and oxygen atoms in total. The van der Waals surface area contributed by atoms with Crippen molar-refractivity contribution in [3.8, 4) is 0 Å². The fourth-order valence-corrected chi connectivity index (χ4v) is 7.36. The van der Waals surface area contributed by atoms with Crippen molar-refractivity contribution in [3.05, 3.63) is 0 Å². The van der Waals surface area contributed by atoms with Crippen molar-refractivity contribution in [1.82, 2.24) is 0 Å². The molecular weight excluding hydrogens is 335 g/mol. The fraction of sp³-hybridized carbons (Fsp3) is 0.833. The van der Waals surface area contributed by atoms with Crippen molar-refractivity contribution in [3.63, 3.8) is 0 Å². The number of rotatable bonds is 6. The number of unbranched alkanes of at least 4 members (excludes halogenated alkanes) is 1. The van der Waals surface area contributed by atoms with E-state index in [0.717, 1.165) is 23.5 Å². The second-order valence-corrected chi connectivity index (χ2v) is 12.4. The first-order valence-electron chi connectivity index (χ1n) is 6.45. The van der Waals surface area contributed by atoms with Crippen LogP contribution in [0.25, 0.3) is 0 Å². The van der Waals surface area contributed by atoms with Gasteiger partial charge < -0.3 is 13.8 Å². The van der Waals surface area contributed by atoms with Gasteiger partial charge in [-0.1, -0.05) is 26.1 Å². The Morgan fingerprint density at radius 1 is 1.30 bits per heavy atom. The molecule has 0 atom stereocenters. The van der Waals surface area contributed by atoms with Gasteiger partial charge in [0.1, 0.15) is 0 Å². The van der Waals surface area contributed by atoms with Gasteiger partial charge in [0.25, 0.3) is 5.69 Å². The number of carbonyl (C=O) groups is 1. The molecule has 1 fully saturated rings. The van der Waals surface area contributed by atoms with Crippen molar-refractivity contribution in [2.45, 2.75) is 39.5 Å². The zero-order valence-electron chi connectivity index (χ0n) is 12.0. The highest BCUT2D eigenvalue weighted by Gasteiger charge is 2.34. The van der Waals surface area contributed by atoms with Crippen LogP contribution in [0.1, 0.15) is 39.5 Å². The normalized spacial score (nSPS) is 20.4. The predicted octanol–water partition coefficient (Wildman–Crippen LogP) is 4.08. The van der Waals surface area contributed by atoms with E-state index >= 15 is 0 Å². The van der Waals surface area contributed by atoms with E-state index in [1.54, 1.807) is 0 Å². The molecule has 0 radical (unpaired) electrons. The molecule has 0 amide bonds. The molecule has 1 aliphatic heterocycles. The second kappa shape index (κ2) is 8.20. The summed E-state index contributed by atoms with van der Waals surface area (Å²) in [6, 6.07) is 0. The molecule has 1 rings (SSSR count). The summed E-state index contributed by atoms with van der Waals surface area (Å²) < 4.78 is 16.8. The SMILES string of the molecule is COC(=O)CCCCC(=S)SP1(=S)OCC(C)(C)CO1. The molecule has 1 heterocycles. The van der Waals surface area contributed by atoms with Gasteiger partial charge in [0.15, 0.2) is 0 Å². The van der Waals surface area contributed by atoms with Crippen LogP contribution in [-0.4, -0.2) is 30.5 Å². The largest absolute Gasteiger partial charge is 0.469 e. The van der Waals surface area contributed by atoms with Gasteiger partial charge in [0, 0.05) is 11.8 Å². The average molecular weight is 356 g/mol. The van der Waals surface area contributed by atoms with Crippen LogP contribution in [0.5, 0.6) is 0 Å². The molecule has 8 heteroatoms. The van der Waals surface area contributed by atoms with E-state index in [1.807, 2.05) is 0 Å². The zero-order valence-corrected chi connectivity index (χ0v) is 15.4. The van der Waals surface area contributed by atoms with Crippen molar-refractivity contribution in [2.24, 2.45) is 5.41 Å². The van der Waals surface area contributed by atoms with Crippen molar-refractivity contribution >= 4 is 51.3 Å². The molecule has 0 aromatic rings. The Morgan fingerprint density at radius 3 is 2.40 bits per heavy atom. The maximum absolute atomic E-state index is 11.0. The number of hydrogen-bond acceptors (Lipinski definition) is 7. The van der Waals surface area contributed by atoms with E-state index in [-0.39, 0.29) is 11.4 Å². The Bertz CT molecular complexity index is 398. The van der Waals surface area contributed by atoms with Crippen LogP contribution in [0.2, 0.25) is 0 Å². The van der Waals surface area contributed by atoms with E-state index in [0.29, 0.717) is 19.6 Å². The summed E-state index contributed by atoms with van der Waals surface area (Å²) in [4.78, 5) is 11.0. The standard InChI is InChI=1S/C12H21O4PS3/c1-12(2)8-15-17(19,16-9-12)20-11(18)7-5-4-6-10(13)14-3/h4-9H2,1-3H3. The highest BCUT2D eigenvalue weighted by atomic mass is 32.9. The molecule has 1 saturated heterocycles. The summed E-state index contributed by atoms with van der Waals surface area (Å²) in [5.41, 5.74) is -2.29. The first kappa shape index (κ1) is 18.5. The lowest BCUT2D eigenvalue weighted by atomic mass is 9.97. The first-order chi connectivity index (χ1) is 9.26. The molecule has 0 bridgehead atoms. The molecule has 0 spiro atoms. The summed E-state index contributed by atoms with van der Waals surface area (Å²) in [7, 11) is 1.40. The quantitative estimate of drug-likeness (QED) is 0.307. The van der Waals surface area contributed by atoms with Crippen molar-refractivity contribution in [2.75, 3.05) is 20.3 Å². The first-order valence-corrected chi connectivity index (χ1v) is 10.9. The molecule has 116 valence electrons. The maximum Gasteiger partial charge on any atom is 0.305 e. The Hall–Kier alpha value is 0.480. The number of ether oxygens (including phenoxy) is 1. The summed E-state index contributed by atoms with van der Waals surface area (Å²) >= 11 is 12.1. The second-order valence-electron chi connectivity index (χ2n) is 5.40. The lowest BCUT2D eigenvalue weighted by Crippen LogP contribution is -2.28. The van der Waals surface area contributed by atoms with Crippen LogP contribution >= 0.6 is 29.3 Å². The van der Waals surface area contributed by atoms with Gasteiger partial charge in [-0.15, -0.1) is 0 Å². The minimum atomic E-state index is -2.31. The third-order valence-corrected chi connectivity index (χ3v) is 8.29. The molecule has 0 aromatic carbocycles. The number of methoxy groups -OCH3 is 1. The molecule has 0 N–H and O–H groups in total. The lowest BCUT2D eigenvalue weighted by molar-refractivity contribution is -0.140. The molecule has 0 aromatic heterocycles. The number of esters is 1. The van der Waals surface area contributed by atoms with E-state index in [1.165, 1.54) is 18.5 Å². The molecule has 0 unspecified atom stereocenters. The van der Waals surface area contributed by atoms with Crippen LogP contribution in [0.3, 0.4) is 0 Å². The third kappa shape index (κ3) is 6.96. The zero-order chi connectivity index (χ0) is 15.2. The Kier molecular flexibility index (Phi) is 7.60. The monoisotopic (exact) mass is 356 g/mol. The van der Waals surface area contributed by atoms with Crippen LogP contribution in [0.15, 0.2) is 0 Å². The van der Waals surface area contributed by atoms with Gasteiger partial charge in [0.05, 0.1) is 24.5 Å². The maximum atomic E-state index is 11.0. The van der Waals surface area contributed by atoms with Crippen LogP contribution < -0.4 is 0 Å². The van der Waals surface area contributed by atoms with E-state index in [9.17, 15) is 4.79 Å². The van der Waals surface area contributed by atoms with Crippen molar-refractivity contribution in [1.29, 1.82) is 0 Å². The van der Waals surface area contributed by atoms with Crippen LogP contribution in [-0.2, 0) is 30.4 Å². The number of hydrogen-bond donors (Lipinski definition) is 0. The van der Waals surface area contributed by atoms with Crippen molar-refractivity contribution < 1.29 is 18.6 Å². The Balaban J connectivity index is 2.25. The van der Waals surface area contributed by atoms with Gasteiger partial charge >= 0.3 is 5.97 Å². The van der Waals surface area contributed by atoms with Gasteiger partial charge in [-0.05, 0) is 42.5 Å². The fourth-order valence-electron chi connectivity index (χ4n) is 1.45. The smallest absolute Gasteiger partial charge is 0.305 e. The molecule has 20 heavy (non-hydrogen) atoms. The van der Waals surface area contributed by atoms with E-state index in [2.05, 4.69) is 18.6 Å². The summed E-state index contributed by atoms with van der Waals surface area (Å²) in [6.07, 6.45) is 2.79. The highest BCUT2D eigenvalue weighted by molar-refractivity contribution is 8.75. The molecule has 1 aliphatic rings. The number of carbonyl (C=O) groups excluding carboxylic acids is 1. The highest BCUT2D eigenvalue weighted by Crippen LogP contribution is 2.65. The minimum Gasteiger partial charge on any atom is -0.469 e. The molecule has 0 saturated carbocycles. The molecular formula is C12H21O4PS3. The Labute approximate surface area is 135 Å². The average Bonchev–Trinajstić information content (AvgIpc) is 2.38. The van der Waals surface area contributed by atoms with Crippen LogP contribution in [0, 0.1) is 5.41 Å². The van der Waals surface area contributed by atoms with Gasteiger partial charge in [-0.25, -0.2) is 0 Å². The summed E-state index contributed by atoms with van der Waals surface area (Å²) in [5, 5.41) is 0. The molecule has 0 aliphatic carbocycles. The number of thiocarbonyl (C=S) groups is 1. The minimum absolute atomic E-state index is 0.0189. The third-order valence-electron chi connectivity index (χ3n) is 2.68. The van der Waals surface area contributed by atoms with Gasteiger partial charge in [0.2, 0.25) is 0 Å². The van der Waals surface area contributed by atoms with Crippen LogP contribution in [0.4, 0.5) is 0 Å². The van der Waals surface area contributed by atoms with E-state index < -0.39 is 5.69 Å². The summed E-state index contributed by atoms with van der Waals surface area (Å²) in [5.74, 6) is -0.183. The summed E-state index contributed by atoms with van der Waals surface area (Å²) in [6.45, 7) is 5.40. The predicted molar refractivity (Wildman–Crippen MR) is 90.6 cm³/mol. The Morgan fingerprint density at radius 2 is 1.85 bits per heavy atom. The lowest BCUT2D eigenvalue weighted by Gasteiger charge is -2.35. The van der Waals surface area contributed by atoms with Gasteiger partial charge in [-0.2, -0.15) is 0 Å². The van der Waals surface area contributed by atoms with Gasteiger partial charge in [-0.3, -0.25) is 4.79 Å².